The maximum Gasteiger partial charge on any atom is 0.253 e. The van der Waals surface area contributed by atoms with Crippen molar-refractivity contribution in [3.8, 4) is 5.88 Å². The first-order chi connectivity index (χ1) is 7.29. The molecule has 0 aliphatic carbocycles. The van der Waals surface area contributed by atoms with Gasteiger partial charge in [-0.2, -0.15) is 0 Å². The molecule has 0 aromatic carbocycles. The Kier molecular flexibility index (Phi) is 3.39. The van der Waals surface area contributed by atoms with Crippen LogP contribution in [0.1, 0.15) is 5.56 Å². The van der Waals surface area contributed by atoms with Gasteiger partial charge in [0.2, 0.25) is 5.88 Å². The third-order valence-corrected chi connectivity index (χ3v) is 3.36. The van der Waals surface area contributed by atoms with E-state index < -0.39 is 21.3 Å². The van der Waals surface area contributed by atoms with E-state index in [0.717, 1.165) is 16.9 Å². The first-order valence-corrected chi connectivity index (χ1v) is 6.42. The monoisotopic (exact) mass is 247 g/mol. The standard InChI is InChI=1S/C9H13NO5S/c1-6-5-7(12)10(3-4-11)9(13)8(6)16(2,14)15/h5,11,13H,3-4H2,1-2H3. The number of aliphatic hydroxyl groups excluding tert-OH is 1. The number of hydrogen-bond donors (Lipinski definition) is 2. The Morgan fingerprint density at radius 2 is 2.00 bits per heavy atom. The summed E-state index contributed by atoms with van der Waals surface area (Å²) in [6.07, 6.45) is 0.947. The van der Waals surface area contributed by atoms with Crippen LogP contribution in [0.3, 0.4) is 0 Å². The van der Waals surface area contributed by atoms with Crippen LogP contribution >= 0.6 is 0 Å². The van der Waals surface area contributed by atoms with Gasteiger partial charge in [0.25, 0.3) is 5.56 Å². The maximum atomic E-state index is 11.4. The number of rotatable bonds is 3. The third kappa shape index (κ3) is 2.25. The van der Waals surface area contributed by atoms with E-state index in [9.17, 15) is 18.3 Å². The zero-order chi connectivity index (χ0) is 12.5. The van der Waals surface area contributed by atoms with Crippen LogP contribution in [0.4, 0.5) is 0 Å². The van der Waals surface area contributed by atoms with Gasteiger partial charge in [-0.25, -0.2) is 8.42 Å². The predicted molar refractivity (Wildman–Crippen MR) is 57.3 cm³/mol. The van der Waals surface area contributed by atoms with E-state index in [2.05, 4.69) is 0 Å². The quantitative estimate of drug-likeness (QED) is 0.733. The molecular weight excluding hydrogens is 234 g/mol. The Morgan fingerprint density at radius 3 is 2.44 bits per heavy atom. The van der Waals surface area contributed by atoms with Crippen LogP contribution in [0.15, 0.2) is 15.8 Å². The van der Waals surface area contributed by atoms with E-state index in [0.29, 0.717) is 0 Å². The summed E-state index contributed by atoms with van der Waals surface area (Å²) in [6.45, 7) is 0.925. The number of aryl methyl sites for hydroxylation is 1. The molecule has 0 spiro atoms. The number of pyridine rings is 1. The van der Waals surface area contributed by atoms with E-state index in [-0.39, 0.29) is 23.6 Å². The van der Waals surface area contributed by atoms with Crippen molar-refractivity contribution < 1.29 is 18.6 Å². The Hall–Kier alpha value is -1.34. The van der Waals surface area contributed by atoms with Crippen molar-refractivity contribution in [1.82, 2.24) is 4.57 Å². The van der Waals surface area contributed by atoms with Gasteiger partial charge in [-0.15, -0.1) is 0 Å². The summed E-state index contributed by atoms with van der Waals surface area (Å²) < 4.78 is 23.6. The van der Waals surface area contributed by atoms with Gasteiger partial charge in [0.15, 0.2) is 9.84 Å². The lowest BCUT2D eigenvalue weighted by Crippen LogP contribution is -2.23. The van der Waals surface area contributed by atoms with Crippen molar-refractivity contribution in [1.29, 1.82) is 0 Å². The van der Waals surface area contributed by atoms with Crippen LogP contribution in [0.25, 0.3) is 0 Å². The molecule has 0 saturated heterocycles. The average molecular weight is 247 g/mol. The van der Waals surface area contributed by atoms with Gasteiger partial charge < -0.3 is 10.2 Å². The summed E-state index contributed by atoms with van der Waals surface area (Å²) in [6, 6.07) is 1.12. The number of sulfone groups is 1. The largest absolute Gasteiger partial charge is 0.493 e. The molecule has 1 heterocycles. The summed E-state index contributed by atoms with van der Waals surface area (Å²) in [5, 5.41) is 18.4. The van der Waals surface area contributed by atoms with E-state index in [4.69, 9.17) is 5.11 Å². The van der Waals surface area contributed by atoms with Gasteiger partial charge in [-0.3, -0.25) is 9.36 Å². The van der Waals surface area contributed by atoms with Crippen LogP contribution in [0.5, 0.6) is 5.88 Å². The Bertz CT molecular complexity index is 558. The zero-order valence-electron chi connectivity index (χ0n) is 8.97. The van der Waals surface area contributed by atoms with Crippen molar-refractivity contribution in [3.05, 3.63) is 22.0 Å². The summed E-state index contributed by atoms with van der Waals surface area (Å²) in [5.41, 5.74) is -0.351. The molecule has 7 heteroatoms. The van der Waals surface area contributed by atoms with Gasteiger partial charge in [-0.1, -0.05) is 0 Å². The molecule has 0 fully saturated rings. The Labute approximate surface area is 92.7 Å². The van der Waals surface area contributed by atoms with Crippen LogP contribution in [-0.2, 0) is 16.4 Å². The first kappa shape index (κ1) is 12.7. The SMILES string of the molecule is Cc1cc(=O)n(CCO)c(O)c1S(C)(=O)=O. The molecule has 0 saturated carbocycles. The number of aromatic nitrogens is 1. The highest BCUT2D eigenvalue weighted by atomic mass is 32.2. The molecule has 6 nitrogen and oxygen atoms in total. The van der Waals surface area contributed by atoms with Crippen LogP contribution < -0.4 is 5.56 Å². The minimum Gasteiger partial charge on any atom is -0.493 e. The lowest BCUT2D eigenvalue weighted by Gasteiger charge is -2.12. The number of aliphatic hydroxyl groups is 1. The molecule has 0 atom stereocenters. The van der Waals surface area contributed by atoms with Gasteiger partial charge in [0.05, 0.1) is 13.2 Å². The van der Waals surface area contributed by atoms with Crippen molar-refractivity contribution in [2.24, 2.45) is 0 Å². The molecule has 0 amide bonds. The fraction of sp³-hybridized carbons (Fsp3) is 0.444. The molecular formula is C9H13NO5S. The summed E-state index contributed by atoms with van der Waals surface area (Å²) in [4.78, 5) is 11.1. The number of hydrogen-bond acceptors (Lipinski definition) is 5. The fourth-order valence-electron chi connectivity index (χ4n) is 1.51. The Morgan fingerprint density at radius 1 is 1.44 bits per heavy atom. The third-order valence-electron chi connectivity index (χ3n) is 2.12. The summed E-state index contributed by atoms with van der Waals surface area (Å²) in [5.74, 6) is -0.624. The molecule has 0 aliphatic rings. The average Bonchev–Trinajstić information content (AvgIpc) is 2.09. The lowest BCUT2D eigenvalue weighted by atomic mass is 10.3. The molecule has 1 rings (SSSR count). The Balaban J connectivity index is 3.65. The van der Waals surface area contributed by atoms with Crippen LogP contribution in [0.2, 0.25) is 0 Å². The van der Waals surface area contributed by atoms with Gasteiger partial charge in [0.1, 0.15) is 4.90 Å². The van der Waals surface area contributed by atoms with Gasteiger partial charge >= 0.3 is 0 Å². The molecule has 90 valence electrons. The fourth-order valence-corrected chi connectivity index (χ4v) is 2.59. The summed E-state index contributed by atoms with van der Waals surface area (Å²) in [7, 11) is -3.61. The lowest BCUT2D eigenvalue weighted by molar-refractivity contribution is 0.261. The molecule has 1 aromatic rings. The number of nitrogens with zero attached hydrogens (tertiary/aromatic N) is 1. The highest BCUT2D eigenvalue weighted by Gasteiger charge is 2.20. The van der Waals surface area contributed by atoms with Gasteiger partial charge in [0, 0.05) is 12.3 Å². The normalized spacial score (nSPS) is 11.7. The predicted octanol–water partition coefficient (Wildman–Crippen LogP) is -0.742. The second kappa shape index (κ2) is 4.26. The second-order valence-corrected chi connectivity index (χ2v) is 5.42. The van der Waals surface area contributed by atoms with E-state index in [1.807, 2.05) is 0 Å². The van der Waals surface area contributed by atoms with Crippen molar-refractivity contribution >= 4 is 9.84 Å². The van der Waals surface area contributed by atoms with E-state index in [1.165, 1.54) is 6.92 Å². The van der Waals surface area contributed by atoms with Gasteiger partial charge in [-0.05, 0) is 12.5 Å². The highest BCUT2D eigenvalue weighted by Crippen LogP contribution is 2.23. The van der Waals surface area contributed by atoms with E-state index in [1.54, 1.807) is 0 Å². The second-order valence-electron chi connectivity index (χ2n) is 3.47. The minimum atomic E-state index is -3.61. The zero-order valence-corrected chi connectivity index (χ0v) is 9.78. The maximum absolute atomic E-state index is 11.4. The molecule has 0 unspecified atom stereocenters. The molecule has 0 aliphatic heterocycles. The minimum absolute atomic E-state index is 0.145. The molecule has 0 radical (unpaired) electrons. The van der Waals surface area contributed by atoms with Crippen molar-refractivity contribution in [2.45, 2.75) is 18.4 Å². The first-order valence-electron chi connectivity index (χ1n) is 4.53. The summed E-state index contributed by atoms with van der Waals surface area (Å²) >= 11 is 0. The van der Waals surface area contributed by atoms with Crippen molar-refractivity contribution in [2.75, 3.05) is 12.9 Å². The molecule has 0 bridgehead atoms. The van der Waals surface area contributed by atoms with E-state index >= 15 is 0 Å². The van der Waals surface area contributed by atoms with Crippen molar-refractivity contribution in [3.63, 3.8) is 0 Å². The smallest absolute Gasteiger partial charge is 0.253 e. The van der Waals surface area contributed by atoms with Crippen LogP contribution in [0, 0.1) is 6.92 Å². The molecule has 2 N–H and O–H groups in total. The number of aromatic hydroxyl groups is 1. The topological polar surface area (TPSA) is 96.6 Å². The van der Waals surface area contributed by atoms with Crippen LogP contribution in [-0.4, -0.2) is 36.1 Å². The molecule has 16 heavy (non-hydrogen) atoms. The molecule has 1 aromatic heterocycles. The highest BCUT2D eigenvalue weighted by molar-refractivity contribution is 7.90.